The predicted molar refractivity (Wildman–Crippen MR) is 221 cm³/mol. The molecule has 3 aromatic carbocycles. The van der Waals surface area contributed by atoms with Crippen molar-refractivity contribution in [3.8, 4) is 5.88 Å². The van der Waals surface area contributed by atoms with E-state index in [0.717, 1.165) is 23.6 Å². The van der Waals surface area contributed by atoms with Crippen molar-refractivity contribution >= 4 is 94.4 Å². The highest BCUT2D eigenvalue weighted by Crippen LogP contribution is 2.38. The van der Waals surface area contributed by atoms with Crippen LogP contribution < -0.4 is 15.0 Å². The third-order valence-corrected chi connectivity index (χ3v) is 13.4. The number of aromatic nitrogens is 1. The number of pyridine rings is 1. The summed E-state index contributed by atoms with van der Waals surface area (Å²) in [7, 11) is -3.58. The molecule has 3 N–H and O–H groups in total. The van der Waals surface area contributed by atoms with E-state index in [1.165, 1.54) is 28.6 Å². The highest BCUT2D eigenvalue weighted by molar-refractivity contribution is 9.10. The molecule has 0 unspecified atom stereocenters. The highest BCUT2D eigenvalue weighted by atomic mass is 79.9. The number of carboxylic acids is 2. The van der Waals surface area contributed by atoms with Crippen LogP contribution in [-0.4, -0.2) is 78.2 Å². The summed E-state index contributed by atoms with van der Waals surface area (Å²) in [4.78, 5) is 28.2. The first-order valence-electron chi connectivity index (χ1n) is 18.4. The molecule has 316 valence electrons. The summed E-state index contributed by atoms with van der Waals surface area (Å²) >= 11 is 15.9. The van der Waals surface area contributed by atoms with Gasteiger partial charge in [0.05, 0.1) is 25.6 Å². The Morgan fingerprint density at radius 1 is 0.850 bits per heavy atom. The number of rotatable bonds is 9. The monoisotopic (exact) mass is 952 g/mol. The lowest BCUT2D eigenvalue weighted by Crippen LogP contribution is -2.42. The van der Waals surface area contributed by atoms with Crippen molar-refractivity contribution in [2.75, 3.05) is 36.4 Å². The maximum atomic E-state index is 12.8. The Balaban J connectivity index is 0.000000181. The van der Waals surface area contributed by atoms with Crippen molar-refractivity contribution in [1.82, 2.24) is 9.29 Å². The molecule has 0 aliphatic carbocycles. The van der Waals surface area contributed by atoms with E-state index in [0.29, 0.717) is 88.3 Å². The van der Waals surface area contributed by atoms with Gasteiger partial charge in [0.1, 0.15) is 17.3 Å². The van der Waals surface area contributed by atoms with Crippen LogP contribution in [0.25, 0.3) is 21.9 Å². The molecule has 2 aliphatic heterocycles. The van der Waals surface area contributed by atoms with Gasteiger partial charge in [0, 0.05) is 90.9 Å². The number of aromatic carboxylic acids is 2. The predicted octanol–water partition coefficient (Wildman–Crippen LogP) is 10.1. The molecule has 20 heteroatoms. The number of halogens is 6. The maximum absolute atomic E-state index is 12.8. The third-order valence-electron chi connectivity index (χ3n) is 10.1. The van der Waals surface area contributed by atoms with Gasteiger partial charge in [0.15, 0.2) is 0 Å². The van der Waals surface area contributed by atoms with E-state index in [9.17, 15) is 31.2 Å². The number of ether oxygens (including phenoxy) is 1. The zero-order chi connectivity index (χ0) is 42.9. The standard InChI is InChI=1S/C20H18BrClN2O5S.C20H16ClF3N2O4/c21-19-15-11-18(20(25)26)29-17(15)5-4-16(19)23-13-6-8-24(9-7-13)30(27,28)14-3-1-2-12(22)10-14;21-18-13-9-16(19(27)28)30-15(13)3-2-14(18)26-7-5-12(6-8-26)29-17-4-1-11(10-25-17)20(22,23)24/h1-5,10-11,13,23H,6-9H2,(H,25,26);1-4,9-10,12H,5-8H2,(H,27,28). The molecular formula is C40H34BrCl2F3N4O9S. The number of nitrogens with one attached hydrogen (secondary N) is 1. The molecule has 0 amide bonds. The number of benzene rings is 3. The van der Waals surface area contributed by atoms with Crippen LogP contribution in [0.1, 0.15) is 52.4 Å². The van der Waals surface area contributed by atoms with Crippen LogP contribution >= 0.6 is 39.1 Å². The second-order valence-corrected chi connectivity index (χ2v) is 17.5. The third kappa shape index (κ3) is 9.47. The number of nitrogens with zero attached hydrogens (tertiary/aromatic N) is 3. The topological polar surface area (TPSA) is 176 Å². The minimum Gasteiger partial charge on any atom is -0.475 e. The minimum absolute atomic E-state index is 0.0791. The summed E-state index contributed by atoms with van der Waals surface area (Å²) in [5, 5.41) is 23.6. The van der Waals surface area contributed by atoms with Gasteiger partial charge in [-0.25, -0.2) is 23.0 Å². The molecule has 13 nitrogen and oxygen atoms in total. The van der Waals surface area contributed by atoms with Crippen molar-refractivity contribution in [2.24, 2.45) is 0 Å². The number of carboxylic acid groups (broad SMARTS) is 2. The number of fused-ring (bicyclic) bond motifs is 2. The molecule has 5 heterocycles. The molecule has 8 rings (SSSR count). The van der Waals surface area contributed by atoms with Crippen molar-refractivity contribution in [3.63, 3.8) is 0 Å². The van der Waals surface area contributed by atoms with Crippen molar-refractivity contribution in [1.29, 1.82) is 0 Å². The van der Waals surface area contributed by atoms with Crippen molar-refractivity contribution in [2.45, 2.75) is 48.9 Å². The van der Waals surface area contributed by atoms with E-state index in [4.69, 9.17) is 47.0 Å². The second kappa shape index (κ2) is 17.5. The van der Waals surface area contributed by atoms with Crippen LogP contribution in [0.4, 0.5) is 24.5 Å². The first kappa shape index (κ1) is 43.1. The van der Waals surface area contributed by atoms with Gasteiger partial charge in [-0.15, -0.1) is 0 Å². The lowest BCUT2D eigenvalue weighted by molar-refractivity contribution is -0.137. The van der Waals surface area contributed by atoms with Crippen LogP contribution in [-0.2, 0) is 16.2 Å². The van der Waals surface area contributed by atoms with Gasteiger partial charge in [-0.2, -0.15) is 17.5 Å². The molecule has 0 bridgehead atoms. The lowest BCUT2D eigenvalue weighted by atomic mass is 10.1. The summed E-state index contributed by atoms with van der Waals surface area (Å²) in [6.45, 7) is 2.00. The number of piperidine rings is 2. The van der Waals surface area contributed by atoms with Gasteiger partial charge in [-0.3, -0.25) is 0 Å². The molecule has 3 aromatic heterocycles. The normalized spacial score (nSPS) is 15.8. The van der Waals surface area contributed by atoms with Gasteiger partial charge in [0.2, 0.25) is 27.4 Å². The number of hydrogen-bond acceptors (Lipinski definition) is 10. The molecule has 0 saturated carbocycles. The smallest absolute Gasteiger partial charge is 0.417 e. The summed E-state index contributed by atoms with van der Waals surface area (Å²) < 4.78 is 82.0. The SMILES string of the molecule is O=C(O)c1cc2c(Br)c(NC3CCN(S(=O)(=O)c4cccc(Cl)c4)CC3)ccc2o1.O=C(O)c1cc2c(Cl)c(N3CCC(Oc4ccc(C(F)(F)F)cn4)CC3)ccc2o1. The molecular weight excluding hydrogens is 920 g/mol. The zero-order valence-corrected chi connectivity index (χ0v) is 35.0. The van der Waals surface area contributed by atoms with Crippen LogP contribution in [0.2, 0.25) is 10.0 Å². The fourth-order valence-electron chi connectivity index (χ4n) is 6.95. The number of anilines is 2. The van der Waals surface area contributed by atoms with Gasteiger partial charge in [-0.1, -0.05) is 29.3 Å². The number of carbonyl (C=O) groups is 2. The van der Waals surface area contributed by atoms with Gasteiger partial charge >= 0.3 is 18.1 Å². The van der Waals surface area contributed by atoms with Crippen LogP contribution in [0.15, 0.2) is 97.2 Å². The number of furan rings is 2. The van der Waals surface area contributed by atoms with E-state index >= 15 is 0 Å². The fraction of sp³-hybridized carbons (Fsp3) is 0.275. The Morgan fingerprint density at radius 3 is 2.08 bits per heavy atom. The molecule has 2 fully saturated rings. The summed E-state index contributed by atoms with van der Waals surface area (Å²) in [6, 6.07) is 18.4. The average molecular weight is 955 g/mol. The fourth-order valence-corrected chi connectivity index (χ4v) is 9.61. The highest BCUT2D eigenvalue weighted by Gasteiger charge is 2.32. The summed E-state index contributed by atoms with van der Waals surface area (Å²) in [6.07, 6.45) is -1.33. The van der Waals surface area contributed by atoms with Gasteiger partial charge in [-0.05, 0) is 77.3 Å². The Kier molecular flexibility index (Phi) is 12.6. The summed E-state index contributed by atoms with van der Waals surface area (Å²) in [5.41, 5.74) is 1.62. The Labute approximate surface area is 358 Å². The van der Waals surface area contributed by atoms with E-state index in [1.54, 1.807) is 36.4 Å². The van der Waals surface area contributed by atoms with Crippen molar-refractivity contribution in [3.05, 3.63) is 111 Å². The quantitative estimate of drug-likeness (QED) is 0.125. The van der Waals surface area contributed by atoms with E-state index in [1.807, 2.05) is 6.07 Å². The zero-order valence-electron chi connectivity index (χ0n) is 31.1. The molecule has 0 atom stereocenters. The average Bonchev–Trinajstić information content (AvgIpc) is 3.87. The first-order chi connectivity index (χ1) is 28.5. The number of hydrogen-bond donors (Lipinski definition) is 3. The van der Waals surface area contributed by atoms with Gasteiger partial charge < -0.3 is 34.0 Å². The largest absolute Gasteiger partial charge is 0.475 e. The Morgan fingerprint density at radius 2 is 1.48 bits per heavy atom. The second-order valence-electron chi connectivity index (χ2n) is 13.9. The minimum atomic E-state index is -4.43. The molecule has 0 radical (unpaired) electrons. The van der Waals surface area contributed by atoms with Crippen LogP contribution in [0.3, 0.4) is 0 Å². The van der Waals surface area contributed by atoms with Crippen LogP contribution in [0.5, 0.6) is 5.88 Å². The summed E-state index contributed by atoms with van der Waals surface area (Å²) in [5.74, 6) is -2.44. The molecule has 2 aliphatic rings. The van der Waals surface area contributed by atoms with Crippen molar-refractivity contribution < 1.29 is 55.0 Å². The molecule has 6 aromatic rings. The van der Waals surface area contributed by atoms with E-state index < -0.39 is 33.7 Å². The molecule has 2 saturated heterocycles. The molecule has 60 heavy (non-hydrogen) atoms. The Bertz CT molecular complexity index is 2660. The van der Waals surface area contributed by atoms with Gasteiger partial charge in [0.25, 0.3) is 0 Å². The molecule has 0 spiro atoms. The lowest BCUT2D eigenvalue weighted by Gasteiger charge is -2.34. The first-order valence-corrected chi connectivity index (χ1v) is 21.3. The number of alkyl halides is 3. The number of sulfonamides is 1. The van der Waals surface area contributed by atoms with E-state index in [2.05, 4.69) is 31.1 Å². The van der Waals surface area contributed by atoms with E-state index in [-0.39, 0.29) is 34.4 Å². The Hall–Kier alpha value is -5.01. The van der Waals surface area contributed by atoms with Crippen LogP contribution in [0, 0.1) is 0 Å². The maximum Gasteiger partial charge on any atom is 0.417 e.